The molecule has 13 rings (SSSR count). The molecule has 0 saturated heterocycles. The van der Waals surface area contributed by atoms with Crippen molar-refractivity contribution in [3.63, 3.8) is 0 Å². The van der Waals surface area contributed by atoms with E-state index in [0.29, 0.717) is 0 Å². The number of rotatable bonds is 5. The minimum absolute atomic E-state index is 0.0127. The highest BCUT2D eigenvalue weighted by Crippen LogP contribution is 2.55. The standard InChI is InChI=1S/C72H76BN3S/c1-44-36-62-66-63(37-44)76(50-28-31-54-55(39-50)70(10,11)35-34-69(54,8)9)61-42-57-56(71(12,13)43-72(57,14)15)41-59(61)73(66)58-32-29-51(40-60(58)75(62)49-30-33-65-53(38-49)52-18-16-17-19-64(52)77-65)74(47-24-20-45(21-25-47)67(2,3)4)48-26-22-46(23-27-48)68(5,6)7/h16-33,36-42H,34-35,43H2,1-15H3. The van der Waals surface area contributed by atoms with Crippen LogP contribution in [0.5, 0.6) is 0 Å². The van der Waals surface area contributed by atoms with Crippen LogP contribution in [0, 0.1) is 6.92 Å². The van der Waals surface area contributed by atoms with E-state index in [1.165, 1.54) is 122 Å². The van der Waals surface area contributed by atoms with Crippen molar-refractivity contribution in [2.75, 3.05) is 14.7 Å². The monoisotopic (exact) mass is 1030 g/mol. The van der Waals surface area contributed by atoms with Gasteiger partial charge >= 0.3 is 0 Å². The molecule has 9 aromatic rings. The zero-order valence-electron chi connectivity index (χ0n) is 48.4. The number of nitrogens with zero attached hydrogens (tertiary/aromatic N) is 3. The molecule has 3 nitrogen and oxygen atoms in total. The van der Waals surface area contributed by atoms with Gasteiger partial charge in [-0.3, -0.25) is 0 Å². The van der Waals surface area contributed by atoms with E-state index in [0.717, 1.165) is 23.5 Å². The molecule has 0 atom stereocenters. The Kier molecular flexibility index (Phi) is 10.9. The third-order valence-electron chi connectivity index (χ3n) is 18.6. The Balaban J connectivity index is 1.11. The third-order valence-corrected chi connectivity index (χ3v) is 19.8. The maximum absolute atomic E-state index is 2.69. The Bertz CT molecular complexity index is 3830. The number of fused-ring (bicyclic) bond motifs is 9. The molecular formula is C72H76BN3S. The summed E-state index contributed by atoms with van der Waals surface area (Å²) in [7, 11) is 0. The molecule has 1 aromatic heterocycles. The summed E-state index contributed by atoms with van der Waals surface area (Å²) in [5, 5.41) is 2.61. The largest absolute Gasteiger partial charge is 0.311 e. The lowest BCUT2D eigenvalue weighted by molar-refractivity contribution is 0.332. The molecule has 4 aliphatic rings. The molecule has 0 bridgehead atoms. The number of anilines is 9. The zero-order valence-corrected chi connectivity index (χ0v) is 49.2. The second-order valence-corrected chi connectivity index (χ2v) is 29.3. The van der Waals surface area contributed by atoms with Crippen molar-refractivity contribution in [3.8, 4) is 0 Å². The fraction of sp³-hybridized carbons (Fsp3) is 0.333. The summed E-state index contributed by atoms with van der Waals surface area (Å²) in [4.78, 5) is 7.81. The van der Waals surface area contributed by atoms with E-state index < -0.39 is 0 Å². The van der Waals surface area contributed by atoms with E-state index in [1.54, 1.807) is 0 Å². The van der Waals surface area contributed by atoms with E-state index in [4.69, 9.17) is 0 Å². The molecule has 0 saturated carbocycles. The normalized spacial score (nSPS) is 17.5. The minimum atomic E-state index is -0.0127. The summed E-state index contributed by atoms with van der Waals surface area (Å²) in [6.45, 7) is 35.9. The van der Waals surface area contributed by atoms with Crippen molar-refractivity contribution in [1.82, 2.24) is 0 Å². The SMILES string of the molecule is Cc1cc2c3c(c1)N(c1ccc4c(c1)C(C)(C)CCC4(C)C)c1cc4c(cc1B3c1ccc(N(c3ccc(C(C)(C)C)cc3)c3ccc(C(C)(C)C)cc3)cc1N2c1ccc2sc3ccccc3c2c1)C(C)(C)CC4(C)C. The van der Waals surface area contributed by atoms with Crippen LogP contribution in [-0.4, -0.2) is 6.71 Å². The van der Waals surface area contributed by atoms with Gasteiger partial charge in [0.05, 0.1) is 0 Å². The highest BCUT2D eigenvalue weighted by Gasteiger charge is 2.49. The van der Waals surface area contributed by atoms with Crippen molar-refractivity contribution in [2.45, 2.75) is 156 Å². The Morgan fingerprint density at radius 2 is 0.948 bits per heavy atom. The predicted octanol–water partition coefficient (Wildman–Crippen LogP) is 18.8. The topological polar surface area (TPSA) is 9.72 Å². The summed E-state index contributed by atoms with van der Waals surface area (Å²) in [6, 6.07) is 60.1. The number of hydrogen-bond donors (Lipinski definition) is 0. The average molecular weight is 1030 g/mol. The Morgan fingerprint density at radius 3 is 1.56 bits per heavy atom. The van der Waals surface area contributed by atoms with Crippen LogP contribution in [0.15, 0.2) is 152 Å². The zero-order chi connectivity index (χ0) is 54.1. The van der Waals surface area contributed by atoms with E-state index in [2.05, 4.69) is 270 Å². The quantitative estimate of drug-likeness (QED) is 0.159. The first kappa shape index (κ1) is 50.0. The second-order valence-electron chi connectivity index (χ2n) is 28.2. The molecule has 2 aliphatic carbocycles. The highest BCUT2D eigenvalue weighted by molar-refractivity contribution is 7.25. The highest BCUT2D eigenvalue weighted by atomic mass is 32.1. The molecule has 388 valence electrons. The number of benzene rings is 8. The molecular weight excluding hydrogens is 950 g/mol. The second kappa shape index (κ2) is 16.7. The van der Waals surface area contributed by atoms with E-state index in [1.807, 2.05) is 11.3 Å². The van der Waals surface area contributed by atoms with Crippen LogP contribution in [-0.2, 0) is 32.5 Å². The summed E-state index contributed by atoms with van der Waals surface area (Å²) < 4.78 is 2.63. The van der Waals surface area contributed by atoms with E-state index >= 15 is 0 Å². The number of hydrogen-bond acceptors (Lipinski definition) is 4. The predicted molar refractivity (Wildman–Crippen MR) is 336 cm³/mol. The summed E-state index contributed by atoms with van der Waals surface area (Å²) in [5.41, 5.74) is 25.2. The lowest BCUT2D eigenvalue weighted by Gasteiger charge is -2.46. The first-order valence-corrected chi connectivity index (χ1v) is 29.3. The van der Waals surface area contributed by atoms with Crippen molar-refractivity contribution >= 4 is 106 Å². The molecule has 0 radical (unpaired) electrons. The Labute approximate surface area is 464 Å². The molecule has 0 N–H and O–H groups in total. The average Bonchev–Trinajstić information content (AvgIpc) is 3.91. The molecule has 3 heterocycles. The summed E-state index contributed by atoms with van der Waals surface area (Å²) in [5.74, 6) is 0. The molecule has 8 aromatic carbocycles. The first-order chi connectivity index (χ1) is 36.3. The van der Waals surface area contributed by atoms with Crippen LogP contribution in [0.1, 0.15) is 155 Å². The van der Waals surface area contributed by atoms with Gasteiger partial charge < -0.3 is 14.7 Å². The van der Waals surface area contributed by atoms with Crippen molar-refractivity contribution in [1.29, 1.82) is 0 Å². The molecule has 0 fully saturated rings. The lowest BCUT2D eigenvalue weighted by Crippen LogP contribution is -2.61. The molecule has 0 unspecified atom stereocenters. The van der Waals surface area contributed by atoms with Crippen molar-refractivity contribution in [2.24, 2.45) is 0 Å². The van der Waals surface area contributed by atoms with Gasteiger partial charge in [-0.25, -0.2) is 0 Å². The van der Waals surface area contributed by atoms with Gasteiger partial charge in [-0.05, 0) is 205 Å². The molecule has 0 spiro atoms. The van der Waals surface area contributed by atoms with Crippen molar-refractivity contribution < 1.29 is 0 Å². The molecule has 77 heavy (non-hydrogen) atoms. The Morgan fingerprint density at radius 1 is 0.442 bits per heavy atom. The molecule has 5 heteroatoms. The fourth-order valence-corrected chi connectivity index (χ4v) is 15.6. The van der Waals surface area contributed by atoms with Crippen molar-refractivity contribution in [3.05, 3.63) is 191 Å². The minimum Gasteiger partial charge on any atom is -0.311 e. The third kappa shape index (κ3) is 7.86. The van der Waals surface area contributed by atoms with Gasteiger partial charge in [0, 0.05) is 71.4 Å². The van der Waals surface area contributed by atoms with Gasteiger partial charge in [-0.15, -0.1) is 11.3 Å². The van der Waals surface area contributed by atoms with E-state index in [9.17, 15) is 0 Å². The van der Waals surface area contributed by atoms with Gasteiger partial charge in [-0.1, -0.05) is 158 Å². The fourth-order valence-electron chi connectivity index (χ4n) is 14.5. The van der Waals surface area contributed by atoms with Crippen LogP contribution in [0.25, 0.3) is 20.2 Å². The van der Waals surface area contributed by atoms with Crippen LogP contribution in [0.2, 0.25) is 0 Å². The maximum Gasteiger partial charge on any atom is 0.252 e. The summed E-state index contributed by atoms with van der Waals surface area (Å²) in [6.07, 6.45) is 3.47. The summed E-state index contributed by atoms with van der Waals surface area (Å²) >= 11 is 1.89. The number of thiophene rings is 1. The van der Waals surface area contributed by atoms with Gasteiger partial charge in [0.15, 0.2) is 0 Å². The molecule has 2 aliphatic heterocycles. The van der Waals surface area contributed by atoms with Gasteiger partial charge in [0.25, 0.3) is 6.71 Å². The van der Waals surface area contributed by atoms with E-state index in [-0.39, 0.29) is 39.2 Å². The van der Waals surface area contributed by atoms with Crippen LogP contribution < -0.4 is 31.1 Å². The van der Waals surface area contributed by atoms with Gasteiger partial charge in [0.2, 0.25) is 0 Å². The van der Waals surface area contributed by atoms with Crippen LogP contribution in [0.4, 0.5) is 51.2 Å². The lowest BCUT2D eigenvalue weighted by atomic mass is 9.33. The van der Waals surface area contributed by atoms with Crippen LogP contribution >= 0.6 is 11.3 Å². The number of aryl methyl sites for hydroxylation is 1. The Hall–Kier alpha value is -6.56. The van der Waals surface area contributed by atoms with Gasteiger partial charge in [0.1, 0.15) is 0 Å². The maximum atomic E-state index is 2.69. The molecule has 0 amide bonds. The smallest absolute Gasteiger partial charge is 0.252 e. The van der Waals surface area contributed by atoms with Crippen LogP contribution in [0.3, 0.4) is 0 Å². The first-order valence-electron chi connectivity index (χ1n) is 28.4. The van der Waals surface area contributed by atoms with Gasteiger partial charge in [-0.2, -0.15) is 0 Å².